The van der Waals surface area contributed by atoms with Gasteiger partial charge in [-0.2, -0.15) is 5.10 Å². The van der Waals surface area contributed by atoms with Crippen molar-refractivity contribution in [2.24, 2.45) is 0 Å². The van der Waals surface area contributed by atoms with E-state index < -0.39 is 0 Å². The van der Waals surface area contributed by atoms with Gasteiger partial charge in [0, 0.05) is 51.0 Å². The largest absolute Gasteiger partial charge is 0.381 e. The summed E-state index contributed by atoms with van der Waals surface area (Å²) in [5, 5.41) is 11.5. The molecule has 0 saturated carbocycles. The third-order valence-corrected chi connectivity index (χ3v) is 4.62. The number of amides is 2. The number of carbonyl (C=O) groups excluding carboxylic acids is 2. The number of likely N-dealkylation sites (tertiary alicyclic amines) is 1. The molecule has 2 aromatic rings. The smallest absolute Gasteiger partial charge is 0.219 e. The summed E-state index contributed by atoms with van der Waals surface area (Å²) in [7, 11) is 0. The summed E-state index contributed by atoms with van der Waals surface area (Å²) in [5.41, 5.74) is 2.00. The van der Waals surface area contributed by atoms with Crippen molar-refractivity contribution in [3.05, 3.63) is 18.5 Å². The van der Waals surface area contributed by atoms with E-state index in [1.807, 2.05) is 35.0 Å². The summed E-state index contributed by atoms with van der Waals surface area (Å²) in [6.45, 7) is 8.98. The molecule has 0 aliphatic carbocycles. The molecule has 8 heteroatoms. The van der Waals surface area contributed by atoms with Crippen LogP contribution in [0.15, 0.2) is 18.5 Å². The maximum absolute atomic E-state index is 11.4. The lowest BCUT2D eigenvalue weighted by atomic mass is 10.0. The highest BCUT2D eigenvalue weighted by atomic mass is 16.2. The summed E-state index contributed by atoms with van der Waals surface area (Å²) < 4.78 is 1.90. The van der Waals surface area contributed by atoms with Crippen molar-refractivity contribution in [2.75, 3.05) is 25.0 Å². The first kappa shape index (κ1) is 20.7. The van der Waals surface area contributed by atoms with E-state index in [4.69, 9.17) is 0 Å². The van der Waals surface area contributed by atoms with E-state index in [-0.39, 0.29) is 5.91 Å². The van der Waals surface area contributed by atoms with Gasteiger partial charge in [0.15, 0.2) is 5.65 Å². The number of pyridine rings is 1. The van der Waals surface area contributed by atoms with Crippen molar-refractivity contribution in [3.8, 4) is 0 Å². The summed E-state index contributed by atoms with van der Waals surface area (Å²) in [4.78, 5) is 27.1. The fourth-order valence-corrected chi connectivity index (χ4v) is 3.10. The van der Waals surface area contributed by atoms with Gasteiger partial charge in [-0.15, -0.1) is 0 Å². The van der Waals surface area contributed by atoms with E-state index in [0.717, 1.165) is 62.2 Å². The predicted octanol–water partition coefficient (Wildman–Crippen LogP) is 2.02. The molecule has 1 aliphatic heterocycles. The third-order valence-electron chi connectivity index (χ3n) is 4.62. The molecule has 0 aromatic carbocycles. The van der Waals surface area contributed by atoms with Gasteiger partial charge in [0.25, 0.3) is 0 Å². The number of carbonyl (C=O) groups is 2. The molecular formula is C19H30N6O2. The van der Waals surface area contributed by atoms with E-state index in [9.17, 15) is 9.59 Å². The van der Waals surface area contributed by atoms with Crippen molar-refractivity contribution in [2.45, 2.75) is 52.6 Å². The quantitative estimate of drug-likeness (QED) is 0.596. The van der Waals surface area contributed by atoms with Gasteiger partial charge < -0.3 is 15.5 Å². The summed E-state index contributed by atoms with van der Waals surface area (Å²) in [6.07, 6.45) is 7.38. The maximum Gasteiger partial charge on any atom is 0.219 e. The van der Waals surface area contributed by atoms with Gasteiger partial charge in [-0.05, 0) is 32.3 Å². The summed E-state index contributed by atoms with van der Waals surface area (Å²) in [5.74, 6) is 0.170. The zero-order chi connectivity index (χ0) is 19.6. The maximum atomic E-state index is 11.4. The molecule has 3 rings (SSSR count). The van der Waals surface area contributed by atoms with Crippen LogP contribution in [0.2, 0.25) is 0 Å². The number of piperidine rings is 1. The van der Waals surface area contributed by atoms with Crippen molar-refractivity contribution < 1.29 is 9.59 Å². The Morgan fingerprint density at radius 2 is 2.07 bits per heavy atom. The fraction of sp³-hybridized carbons (Fsp3) is 0.579. The third kappa shape index (κ3) is 5.67. The van der Waals surface area contributed by atoms with Gasteiger partial charge in [-0.25, -0.2) is 9.67 Å². The van der Waals surface area contributed by atoms with E-state index in [1.165, 1.54) is 0 Å². The number of aryl methyl sites for hydroxylation is 1. The minimum absolute atomic E-state index is 0.170. The molecule has 1 aliphatic rings. The molecule has 2 aromatic heterocycles. The minimum Gasteiger partial charge on any atom is -0.381 e. The average molecular weight is 374 g/mol. The number of nitrogens with zero attached hydrogens (tertiary/aromatic N) is 4. The molecule has 3 heterocycles. The number of hydrogen-bond acceptors (Lipinski definition) is 5. The van der Waals surface area contributed by atoms with Gasteiger partial charge in [0.2, 0.25) is 12.3 Å². The average Bonchev–Trinajstić information content (AvgIpc) is 3.11. The molecule has 0 spiro atoms. The Hall–Kier alpha value is -2.64. The zero-order valence-electron chi connectivity index (χ0n) is 16.4. The van der Waals surface area contributed by atoms with Crippen LogP contribution < -0.4 is 10.6 Å². The Morgan fingerprint density at radius 3 is 2.63 bits per heavy atom. The highest BCUT2D eigenvalue weighted by Gasteiger charge is 2.21. The van der Waals surface area contributed by atoms with Crippen LogP contribution in [0.25, 0.3) is 11.0 Å². The lowest BCUT2D eigenvalue weighted by molar-refractivity contribution is -0.129. The molecule has 0 atom stereocenters. The minimum atomic E-state index is 0.170. The van der Waals surface area contributed by atoms with Gasteiger partial charge in [-0.3, -0.25) is 9.59 Å². The first-order chi connectivity index (χ1) is 13.1. The number of nitrogens with one attached hydrogen (secondary N) is 2. The van der Waals surface area contributed by atoms with Crippen molar-refractivity contribution >= 4 is 29.0 Å². The van der Waals surface area contributed by atoms with Crippen LogP contribution in [0.3, 0.4) is 0 Å². The highest BCUT2D eigenvalue weighted by Crippen LogP contribution is 2.24. The lowest BCUT2D eigenvalue weighted by Gasteiger charge is -2.32. The number of fused-ring (bicyclic) bond motifs is 1. The molecule has 27 heavy (non-hydrogen) atoms. The van der Waals surface area contributed by atoms with Crippen LogP contribution in [0, 0.1) is 0 Å². The van der Waals surface area contributed by atoms with Crippen LogP contribution in [0.1, 0.15) is 40.0 Å². The highest BCUT2D eigenvalue weighted by molar-refractivity contribution is 5.88. The normalized spacial score (nSPS) is 14.4. The second-order valence-electron chi connectivity index (χ2n) is 6.55. The molecule has 1 fully saturated rings. The summed E-state index contributed by atoms with van der Waals surface area (Å²) in [6, 6.07) is 2.40. The zero-order valence-corrected chi connectivity index (χ0v) is 16.4. The molecule has 8 nitrogen and oxygen atoms in total. The summed E-state index contributed by atoms with van der Waals surface area (Å²) >= 11 is 0. The van der Waals surface area contributed by atoms with Gasteiger partial charge in [-0.1, -0.05) is 6.92 Å². The van der Waals surface area contributed by atoms with E-state index in [2.05, 4.69) is 27.6 Å². The number of hydrogen-bond donors (Lipinski definition) is 2. The Morgan fingerprint density at radius 1 is 1.33 bits per heavy atom. The van der Waals surface area contributed by atoms with E-state index >= 15 is 0 Å². The first-order valence-electron chi connectivity index (χ1n) is 9.60. The second-order valence-corrected chi connectivity index (χ2v) is 6.55. The van der Waals surface area contributed by atoms with Crippen molar-refractivity contribution in [3.63, 3.8) is 0 Å². The Kier molecular flexibility index (Phi) is 8.03. The predicted molar refractivity (Wildman–Crippen MR) is 106 cm³/mol. The van der Waals surface area contributed by atoms with E-state index in [0.29, 0.717) is 12.5 Å². The Balaban J connectivity index is 0.000000380. The molecule has 148 valence electrons. The van der Waals surface area contributed by atoms with Crippen LogP contribution >= 0.6 is 0 Å². The van der Waals surface area contributed by atoms with Crippen molar-refractivity contribution in [1.29, 1.82) is 0 Å². The molecule has 1 saturated heterocycles. The van der Waals surface area contributed by atoms with Gasteiger partial charge in [0.05, 0.1) is 11.6 Å². The molecule has 0 bridgehead atoms. The number of aromatic nitrogens is 3. The van der Waals surface area contributed by atoms with E-state index in [1.54, 1.807) is 6.92 Å². The van der Waals surface area contributed by atoms with Crippen LogP contribution in [-0.2, 0) is 16.1 Å². The molecule has 2 N–H and O–H groups in total. The standard InChI is InChI=1S/C15H21N5O.C4H9NO/c1-3-20-15-13(10-17-20)14(4-7-16-15)18-12-5-8-19(9-6-12)11(2)21;1-2-3-5-4-6/h4,7,10,12H,3,5-6,8-9H2,1-2H3,(H,16,18);4H,2-3H2,1H3,(H,5,6). The number of rotatable bonds is 6. The monoisotopic (exact) mass is 374 g/mol. The van der Waals surface area contributed by atoms with Crippen LogP contribution in [0.4, 0.5) is 5.69 Å². The number of anilines is 1. The Bertz CT molecular complexity index is 737. The van der Waals surface area contributed by atoms with Crippen LogP contribution in [-0.4, -0.2) is 57.7 Å². The second kappa shape index (κ2) is 10.5. The Labute approximate surface area is 160 Å². The SMILES string of the molecule is CCCNC=O.CCn1ncc2c(NC3CCN(C(C)=O)CC3)ccnc21. The molecule has 0 radical (unpaired) electrons. The molecule has 2 amide bonds. The topological polar surface area (TPSA) is 92.2 Å². The van der Waals surface area contributed by atoms with Crippen molar-refractivity contribution in [1.82, 2.24) is 25.0 Å². The molecule has 0 unspecified atom stereocenters. The molecular weight excluding hydrogens is 344 g/mol. The van der Waals surface area contributed by atoms with Crippen LogP contribution in [0.5, 0.6) is 0 Å². The lowest BCUT2D eigenvalue weighted by Crippen LogP contribution is -2.41. The van der Waals surface area contributed by atoms with Gasteiger partial charge >= 0.3 is 0 Å². The van der Waals surface area contributed by atoms with Gasteiger partial charge in [0.1, 0.15) is 0 Å². The fourth-order valence-electron chi connectivity index (χ4n) is 3.10. The first-order valence-corrected chi connectivity index (χ1v) is 9.60.